The second kappa shape index (κ2) is 7.03. The Morgan fingerprint density at radius 1 is 1.25 bits per heavy atom. The molecule has 0 aromatic carbocycles. The molecule has 9 atom stereocenters. The summed E-state index contributed by atoms with van der Waals surface area (Å²) in [4.78, 5) is 25.1. The summed E-state index contributed by atoms with van der Waals surface area (Å²) >= 11 is 0. The average molecular weight is 453 g/mol. The van der Waals surface area contributed by atoms with Crippen LogP contribution >= 0.6 is 0 Å². The number of rotatable bonds is 2. The number of ether oxygens (including phenoxy) is 2. The van der Waals surface area contributed by atoms with Gasteiger partial charge in [0.05, 0.1) is 12.2 Å². The summed E-state index contributed by atoms with van der Waals surface area (Å²) in [6, 6.07) is 0. The quantitative estimate of drug-likeness (QED) is 0.653. The second-order valence-corrected chi connectivity index (χ2v) is 11.0. The van der Waals surface area contributed by atoms with Gasteiger partial charge in [-0.15, -0.1) is 0 Å². The van der Waals surface area contributed by atoms with Crippen LogP contribution in [0.5, 0.6) is 0 Å². The minimum Gasteiger partial charge on any atom is -0.412 e. The SMILES string of the molecule is CC1(C)O[C@@H]2C[C@H]3[C@@H]4C[C@H](F)C5=CC(=O)C=C[C@]5(C)[C@H]4[C@@H](O)C[C@]3(C)[C@]2(C(=O)CO)O1.O. The summed E-state index contributed by atoms with van der Waals surface area (Å²) in [5, 5.41) is 21.3. The predicted octanol–water partition coefficient (Wildman–Crippen LogP) is 1.45. The van der Waals surface area contributed by atoms with Gasteiger partial charge in [0.1, 0.15) is 12.8 Å². The number of hydrogen-bond acceptors (Lipinski definition) is 6. The molecule has 0 spiro atoms. The van der Waals surface area contributed by atoms with Crippen LogP contribution in [-0.2, 0) is 19.1 Å². The topological polar surface area (TPSA) is 125 Å². The van der Waals surface area contributed by atoms with Crippen LogP contribution in [0.3, 0.4) is 0 Å². The molecule has 0 bridgehead atoms. The van der Waals surface area contributed by atoms with Crippen LogP contribution in [0.1, 0.15) is 47.0 Å². The van der Waals surface area contributed by atoms with E-state index in [2.05, 4.69) is 0 Å². The van der Waals surface area contributed by atoms with Gasteiger partial charge in [0.15, 0.2) is 23.0 Å². The molecule has 0 unspecified atom stereocenters. The zero-order chi connectivity index (χ0) is 22.6. The molecule has 0 radical (unpaired) electrons. The van der Waals surface area contributed by atoms with Gasteiger partial charge in [0, 0.05) is 16.7 Å². The highest BCUT2D eigenvalue weighted by molar-refractivity contribution is 6.01. The van der Waals surface area contributed by atoms with Crippen molar-refractivity contribution in [1.82, 2.24) is 0 Å². The number of carbonyl (C=O) groups is 2. The van der Waals surface area contributed by atoms with Crippen molar-refractivity contribution in [3.8, 4) is 0 Å². The van der Waals surface area contributed by atoms with Gasteiger partial charge in [0.2, 0.25) is 0 Å². The zero-order valence-electron chi connectivity index (χ0n) is 18.9. The van der Waals surface area contributed by atoms with Gasteiger partial charge < -0.3 is 25.2 Å². The molecule has 1 saturated heterocycles. The molecular formula is C24H33FO7. The van der Waals surface area contributed by atoms with Crippen molar-refractivity contribution in [3.63, 3.8) is 0 Å². The lowest BCUT2D eigenvalue weighted by Gasteiger charge is -2.60. The molecule has 3 saturated carbocycles. The van der Waals surface area contributed by atoms with Crippen LogP contribution in [0, 0.1) is 28.6 Å². The number of aliphatic hydroxyl groups excluding tert-OH is 2. The van der Waals surface area contributed by atoms with Crippen LogP contribution in [0.2, 0.25) is 0 Å². The summed E-state index contributed by atoms with van der Waals surface area (Å²) in [7, 11) is 0. The summed E-state index contributed by atoms with van der Waals surface area (Å²) in [6.45, 7) is 6.65. The van der Waals surface area contributed by atoms with Crippen LogP contribution in [0.15, 0.2) is 23.8 Å². The molecule has 4 fully saturated rings. The van der Waals surface area contributed by atoms with Crippen molar-refractivity contribution in [2.75, 3.05) is 6.61 Å². The van der Waals surface area contributed by atoms with Crippen LogP contribution in [0.4, 0.5) is 4.39 Å². The lowest BCUT2D eigenvalue weighted by Crippen LogP contribution is -2.64. The Balaban J connectivity index is 0.00000245. The molecular weight excluding hydrogens is 419 g/mol. The second-order valence-electron chi connectivity index (χ2n) is 11.0. The molecule has 32 heavy (non-hydrogen) atoms. The summed E-state index contributed by atoms with van der Waals surface area (Å²) in [6.07, 6.45) is 2.90. The van der Waals surface area contributed by atoms with Gasteiger partial charge in [-0.2, -0.15) is 0 Å². The van der Waals surface area contributed by atoms with Gasteiger partial charge in [-0.05, 0) is 62.7 Å². The van der Waals surface area contributed by atoms with Gasteiger partial charge in [-0.1, -0.05) is 19.9 Å². The fourth-order valence-corrected chi connectivity index (χ4v) is 8.05. The maximum Gasteiger partial charge on any atom is 0.193 e. The van der Waals surface area contributed by atoms with Crippen molar-refractivity contribution < 1.29 is 39.1 Å². The molecule has 0 aromatic rings. The predicted molar refractivity (Wildman–Crippen MR) is 112 cm³/mol. The number of allylic oxidation sites excluding steroid dienone is 4. The third kappa shape index (κ3) is 2.70. The normalized spacial score (nSPS) is 50.5. The van der Waals surface area contributed by atoms with E-state index in [1.807, 2.05) is 13.8 Å². The number of carbonyl (C=O) groups excluding carboxylic acids is 2. The third-order valence-electron chi connectivity index (χ3n) is 9.03. The Hall–Kier alpha value is -1.45. The molecule has 8 heteroatoms. The van der Waals surface area contributed by atoms with Crippen LogP contribution in [-0.4, -0.2) is 63.6 Å². The number of Topliss-reactive ketones (excluding diaryl/α,β-unsaturated/α-hetero) is 1. The summed E-state index contributed by atoms with van der Waals surface area (Å²) in [5.41, 5.74) is -2.50. The van der Waals surface area contributed by atoms with E-state index in [0.717, 1.165) is 0 Å². The number of fused-ring (bicyclic) bond motifs is 7. The standard InChI is InChI=1S/C24H31FO6.H2O/c1-21(2)30-19-9-14-13-8-16(25)15-7-12(27)5-6-22(15,3)20(13)17(28)10-23(14,4)24(19,31-21)18(29)11-26;/h5-7,13-14,16-17,19-20,26,28H,8-11H2,1-4H3;1H2/t13-,14-,16-,17-,19+,20+,22-,23-,24+;/m0./s1. The first kappa shape index (κ1) is 23.7. The largest absolute Gasteiger partial charge is 0.412 e. The van der Waals surface area contributed by atoms with Gasteiger partial charge >= 0.3 is 0 Å². The van der Waals surface area contributed by atoms with Gasteiger partial charge in [0.25, 0.3) is 0 Å². The Morgan fingerprint density at radius 2 is 1.94 bits per heavy atom. The summed E-state index contributed by atoms with van der Waals surface area (Å²) in [5.74, 6) is -2.28. The Labute approximate surface area is 187 Å². The van der Waals surface area contributed by atoms with E-state index >= 15 is 4.39 Å². The lowest BCUT2D eigenvalue weighted by atomic mass is 9.46. The molecule has 7 nitrogen and oxygen atoms in total. The fraction of sp³-hybridized carbons (Fsp3) is 0.750. The van der Waals surface area contributed by atoms with E-state index < -0.39 is 53.0 Å². The zero-order valence-corrected chi connectivity index (χ0v) is 18.9. The molecule has 4 N–H and O–H groups in total. The fourth-order valence-electron chi connectivity index (χ4n) is 8.05. The van der Waals surface area contributed by atoms with E-state index in [1.54, 1.807) is 19.9 Å². The van der Waals surface area contributed by atoms with Crippen molar-refractivity contribution in [1.29, 1.82) is 0 Å². The third-order valence-corrected chi connectivity index (χ3v) is 9.03. The first-order valence-corrected chi connectivity index (χ1v) is 11.2. The Kier molecular flexibility index (Phi) is 5.20. The van der Waals surface area contributed by atoms with E-state index in [0.29, 0.717) is 12.0 Å². The summed E-state index contributed by atoms with van der Waals surface area (Å²) < 4.78 is 27.9. The average Bonchev–Trinajstić information content (AvgIpc) is 3.08. The Bertz CT molecular complexity index is 912. The highest BCUT2D eigenvalue weighted by atomic mass is 19.1. The van der Waals surface area contributed by atoms with E-state index in [1.165, 1.54) is 12.2 Å². The number of aliphatic hydroxyl groups is 2. The minimum absolute atomic E-state index is 0. The van der Waals surface area contributed by atoms with Crippen LogP contribution < -0.4 is 0 Å². The lowest BCUT2D eigenvalue weighted by molar-refractivity contribution is -0.226. The van der Waals surface area contributed by atoms with Crippen molar-refractivity contribution in [3.05, 3.63) is 23.8 Å². The first-order chi connectivity index (χ1) is 14.4. The minimum atomic E-state index is -1.37. The maximum absolute atomic E-state index is 15.4. The number of alkyl halides is 1. The highest BCUT2D eigenvalue weighted by Gasteiger charge is 2.77. The van der Waals surface area contributed by atoms with Crippen LogP contribution in [0.25, 0.3) is 0 Å². The Morgan fingerprint density at radius 3 is 2.59 bits per heavy atom. The highest BCUT2D eigenvalue weighted by Crippen LogP contribution is 2.70. The van der Waals surface area contributed by atoms with Gasteiger partial charge in [-0.25, -0.2) is 4.39 Å². The van der Waals surface area contributed by atoms with Crippen molar-refractivity contribution >= 4 is 11.6 Å². The number of hydrogen-bond donors (Lipinski definition) is 2. The van der Waals surface area contributed by atoms with Crippen molar-refractivity contribution in [2.45, 2.75) is 76.7 Å². The van der Waals surface area contributed by atoms with E-state index in [9.17, 15) is 19.8 Å². The number of ketones is 2. The smallest absolute Gasteiger partial charge is 0.193 e. The van der Waals surface area contributed by atoms with Gasteiger partial charge in [-0.3, -0.25) is 9.59 Å². The molecule has 1 heterocycles. The van der Waals surface area contributed by atoms with E-state index in [4.69, 9.17) is 9.47 Å². The first-order valence-electron chi connectivity index (χ1n) is 11.2. The van der Waals surface area contributed by atoms with E-state index in [-0.39, 0.29) is 41.9 Å². The monoisotopic (exact) mass is 452 g/mol. The maximum atomic E-state index is 15.4. The molecule has 5 rings (SSSR count). The molecule has 0 aromatic heterocycles. The molecule has 0 amide bonds. The van der Waals surface area contributed by atoms with Crippen molar-refractivity contribution in [2.24, 2.45) is 28.6 Å². The number of halogens is 1. The molecule has 178 valence electrons. The molecule has 4 aliphatic carbocycles. The molecule has 5 aliphatic rings. The molecule has 1 aliphatic heterocycles.